The van der Waals surface area contributed by atoms with E-state index in [1.807, 2.05) is 32.0 Å². The molecule has 0 unspecified atom stereocenters. The second kappa shape index (κ2) is 13.6. The third-order valence-electron chi connectivity index (χ3n) is 6.43. The number of amides is 1. The molecule has 36 heavy (non-hydrogen) atoms. The average molecular weight is 499 g/mol. The molecule has 2 aromatic carbocycles. The SMILES string of the molecule is CC(C)Oc1ccc(CN2CCCCCc3cc(C(=O)N(C)C)ccc3OC[C@@H](O)[C@@H](O)CC2)cc1. The van der Waals surface area contributed by atoms with E-state index in [0.29, 0.717) is 24.3 Å². The molecular formula is C29H42N2O5. The Morgan fingerprint density at radius 1 is 1.06 bits per heavy atom. The summed E-state index contributed by atoms with van der Waals surface area (Å²) >= 11 is 0. The van der Waals surface area contributed by atoms with Crippen LogP contribution in [0.3, 0.4) is 0 Å². The van der Waals surface area contributed by atoms with Crippen molar-refractivity contribution in [2.45, 2.75) is 70.8 Å². The van der Waals surface area contributed by atoms with Crippen molar-refractivity contribution in [3.63, 3.8) is 0 Å². The maximum absolute atomic E-state index is 12.4. The second-order valence-corrected chi connectivity index (χ2v) is 10.2. The molecule has 2 N–H and O–H groups in total. The first-order chi connectivity index (χ1) is 17.2. The van der Waals surface area contributed by atoms with Crippen molar-refractivity contribution in [2.75, 3.05) is 33.8 Å². The van der Waals surface area contributed by atoms with Gasteiger partial charge in [0, 0.05) is 32.7 Å². The quantitative estimate of drug-likeness (QED) is 0.651. The number of benzene rings is 2. The fourth-order valence-corrected chi connectivity index (χ4v) is 4.40. The normalized spacial score (nSPS) is 20.2. The summed E-state index contributed by atoms with van der Waals surface area (Å²) in [6.45, 7) is 6.41. The van der Waals surface area contributed by atoms with Gasteiger partial charge in [0.1, 0.15) is 24.2 Å². The van der Waals surface area contributed by atoms with Crippen molar-refractivity contribution >= 4 is 5.91 Å². The minimum Gasteiger partial charge on any atom is -0.491 e. The summed E-state index contributed by atoms with van der Waals surface area (Å²) in [4.78, 5) is 16.3. The van der Waals surface area contributed by atoms with Crippen molar-refractivity contribution in [3.8, 4) is 11.5 Å². The van der Waals surface area contributed by atoms with Gasteiger partial charge in [-0.05, 0) is 87.5 Å². The number of aryl methyl sites for hydroxylation is 1. The summed E-state index contributed by atoms with van der Waals surface area (Å²) in [6, 6.07) is 13.6. The van der Waals surface area contributed by atoms with E-state index in [-0.39, 0.29) is 18.6 Å². The molecule has 0 saturated carbocycles. The predicted octanol–water partition coefficient (Wildman–Crippen LogP) is 3.89. The van der Waals surface area contributed by atoms with Gasteiger partial charge in [0.05, 0.1) is 12.2 Å². The van der Waals surface area contributed by atoms with Gasteiger partial charge in [0.15, 0.2) is 0 Å². The third-order valence-corrected chi connectivity index (χ3v) is 6.43. The largest absolute Gasteiger partial charge is 0.491 e. The highest BCUT2D eigenvalue weighted by Gasteiger charge is 2.20. The van der Waals surface area contributed by atoms with Crippen LogP contribution < -0.4 is 9.47 Å². The van der Waals surface area contributed by atoms with E-state index in [1.165, 1.54) is 5.56 Å². The van der Waals surface area contributed by atoms with Crippen molar-refractivity contribution in [2.24, 2.45) is 0 Å². The van der Waals surface area contributed by atoms with E-state index in [1.54, 1.807) is 31.1 Å². The third kappa shape index (κ3) is 8.50. The molecule has 198 valence electrons. The van der Waals surface area contributed by atoms with Crippen LogP contribution in [0.4, 0.5) is 0 Å². The minimum absolute atomic E-state index is 0.00640. The number of aliphatic hydroxyl groups excluding tert-OH is 2. The van der Waals surface area contributed by atoms with E-state index in [0.717, 1.165) is 50.1 Å². The zero-order valence-electron chi connectivity index (χ0n) is 22.2. The number of rotatable bonds is 5. The molecule has 0 saturated heterocycles. The maximum Gasteiger partial charge on any atom is 0.253 e. The lowest BCUT2D eigenvalue weighted by atomic mass is 10.0. The van der Waals surface area contributed by atoms with Crippen LogP contribution in [0.5, 0.6) is 11.5 Å². The smallest absolute Gasteiger partial charge is 0.253 e. The van der Waals surface area contributed by atoms with E-state index in [9.17, 15) is 15.0 Å². The average Bonchev–Trinajstić information content (AvgIpc) is 2.85. The fraction of sp³-hybridized carbons (Fsp3) is 0.552. The van der Waals surface area contributed by atoms with Crippen LogP contribution in [0.1, 0.15) is 61.0 Å². The first-order valence-electron chi connectivity index (χ1n) is 13.0. The summed E-state index contributed by atoms with van der Waals surface area (Å²) < 4.78 is 11.7. The molecule has 7 nitrogen and oxygen atoms in total. The number of fused-ring (bicyclic) bond motifs is 1. The lowest BCUT2D eigenvalue weighted by molar-refractivity contribution is -0.0163. The van der Waals surface area contributed by atoms with Crippen molar-refractivity contribution in [3.05, 3.63) is 59.2 Å². The molecule has 1 aliphatic rings. The van der Waals surface area contributed by atoms with Crippen LogP contribution >= 0.6 is 0 Å². The number of hydrogen-bond acceptors (Lipinski definition) is 6. The molecule has 0 bridgehead atoms. The minimum atomic E-state index is -0.988. The summed E-state index contributed by atoms with van der Waals surface area (Å²) in [5, 5.41) is 21.1. The number of ether oxygens (including phenoxy) is 2. The van der Waals surface area contributed by atoms with Gasteiger partial charge in [-0.2, -0.15) is 0 Å². The molecule has 1 aliphatic heterocycles. The summed E-state index contributed by atoms with van der Waals surface area (Å²) in [7, 11) is 3.48. The van der Waals surface area contributed by atoms with Crippen LogP contribution in [-0.4, -0.2) is 78.0 Å². The van der Waals surface area contributed by atoms with E-state index < -0.39 is 12.2 Å². The molecule has 7 heteroatoms. The molecule has 0 aliphatic carbocycles. The Hall–Kier alpha value is -2.61. The number of carbonyl (C=O) groups is 1. The second-order valence-electron chi connectivity index (χ2n) is 10.2. The topological polar surface area (TPSA) is 82.5 Å². The zero-order chi connectivity index (χ0) is 26.1. The first kappa shape index (κ1) is 28.0. The van der Waals surface area contributed by atoms with Crippen LogP contribution in [-0.2, 0) is 13.0 Å². The van der Waals surface area contributed by atoms with Gasteiger partial charge in [-0.1, -0.05) is 18.6 Å². The standard InChI is InChI=1S/C29H42N2O5/c1-21(2)36-25-12-9-22(10-13-25)19-31-16-7-5-6-8-23-18-24(29(34)30(3)4)11-14-28(23)35-20-27(33)26(32)15-17-31/h9-14,18,21,26-27,32-33H,5-8,15-17,19-20H2,1-4H3/t26-,27+/m0/s1. The Bertz CT molecular complexity index is 961. The van der Waals surface area contributed by atoms with Crippen LogP contribution in [0, 0.1) is 0 Å². The molecule has 2 atom stereocenters. The zero-order valence-corrected chi connectivity index (χ0v) is 22.2. The van der Waals surface area contributed by atoms with Gasteiger partial charge in [-0.3, -0.25) is 9.69 Å². The van der Waals surface area contributed by atoms with Gasteiger partial charge >= 0.3 is 0 Å². The number of aliphatic hydroxyl groups is 2. The molecule has 1 amide bonds. The highest BCUT2D eigenvalue weighted by atomic mass is 16.5. The van der Waals surface area contributed by atoms with Crippen molar-refractivity contribution in [1.29, 1.82) is 0 Å². The molecule has 0 spiro atoms. The first-order valence-corrected chi connectivity index (χ1v) is 13.0. The van der Waals surface area contributed by atoms with E-state index in [4.69, 9.17) is 9.47 Å². The molecule has 0 radical (unpaired) electrons. The monoisotopic (exact) mass is 498 g/mol. The predicted molar refractivity (Wildman–Crippen MR) is 142 cm³/mol. The molecule has 3 rings (SSSR count). The number of carbonyl (C=O) groups excluding carboxylic acids is 1. The van der Waals surface area contributed by atoms with Crippen LogP contribution in [0.2, 0.25) is 0 Å². The molecule has 2 aromatic rings. The number of hydrogen-bond donors (Lipinski definition) is 2. The van der Waals surface area contributed by atoms with Gasteiger partial charge in [-0.15, -0.1) is 0 Å². The molecule has 1 heterocycles. The van der Waals surface area contributed by atoms with Crippen LogP contribution in [0.25, 0.3) is 0 Å². The summed E-state index contributed by atoms with van der Waals surface area (Å²) in [6.07, 6.45) is 2.59. The van der Waals surface area contributed by atoms with Crippen molar-refractivity contribution in [1.82, 2.24) is 9.80 Å². The molecule has 0 aromatic heterocycles. The fourth-order valence-electron chi connectivity index (χ4n) is 4.40. The Labute approximate surface area is 215 Å². The van der Waals surface area contributed by atoms with Crippen molar-refractivity contribution < 1.29 is 24.5 Å². The lowest BCUT2D eigenvalue weighted by Crippen LogP contribution is -2.36. The van der Waals surface area contributed by atoms with Gasteiger partial charge in [0.2, 0.25) is 0 Å². The summed E-state index contributed by atoms with van der Waals surface area (Å²) in [5.74, 6) is 1.48. The molecule has 0 fully saturated rings. The highest BCUT2D eigenvalue weighted by molar-refractivity contribution is 5.94. The summed E-state index contributed by atoms with van der Waals surface area (Å²) in [5.41, 5.74) is 2.78. The Morgan fingerprint density at radius 2 is 1.81 bits per heavy atom. The van der Waals surface area contributed by atoms with Gasteiger partial charge in [-0.25, -0.2) is 0 Å². The molecular weight excluding hydrogens is 456 g/mol. The number of nitrogens with zero attached hydrogens (tertiary/aromatic N) is 2. The maximum atomic E-state index is 12.4. The van der Waals surface area contributed by atoms with Crippen LogP contribution in [0.15, 0.2) is 42.5 Å². The van der Waals surface area contributed by atoms with Gasteiger partial charge in [0.25, 0.3) is 5.91 Å². The lowest BCUT2D eigenvalue weighted by Gasteiger charge is -2.26. The Kier molecular flexibility index (Phi) is 10.6. The Balaban J connectivity index is 1.67. The highest BCUT2D eigenvalue weighted by Crippen LogP contribution is 2.24. The Morgan fingerprint density at radius 3 is 2.50 bits per heavy atom. The van der Waals surface area contributed by atoms with E-state index in [2.05, 4.69) is 17.0 Å². The van der Waals surface area contributed by atoms with Gasteiger partial charge < -0.3 is 24.6 Å². The van der Waals surface area contributed by atoms with E-state index >= 15 is 0 Å².